The van der Waals surface area contributed by atoms with Gasteiger partial charge in [0.05, 0.1) is 31.1 Å². The third-order valence-corrected chi connectivity index (χ3v) is 4.00. The number of amides is 1. The number of aromatic nitrogens is 2. The van der Waals surface area contributed by atoms with Gasteiger partial charge in [-0.2, -0.15) is 0 Å². The second-order valence-corrected chi connectivity index (χ2v) is 5.37. The van der Waals surface area contributed by atoms with Crippen molar-refractivity contribution >= 4 is 17.5 Å². The number of hydrogen-bond donors (Lipinski definition) is 0. The Labute approximate surface area is 116 Å². The van der Waals surface area contributed by atoms with Crippen LogP contribution in [0.25, 0.3) is 0 Å². The lowest BCUT2D eigenvalue weighted by molar-refractivity contribution is -0.0754. The normalized spacial score (nSPS) is 26.9. The molecule has 19 heavy (non-hydrogen) atoms. The molecule has 0 spiro atoms. The van der Waals surface area contributed by atoms with Crippen LogP contribution in [0.4, 0.5) is 0 Å². The number of nitrogens with zero attached hydrogens (tertiary/aromatic N) is 3. The molecule has 1 amide bonds. The number of halogens is 1. The quantitative estimate of drug-likeness (QED) is 0.789. The van der Waals surface area contributed by atoms with Crippen molar-refractivity contribution < 1.29 is 9.53 Å². The van der Waals surface area contributed by atoms with Gasteiger partial charge in [-0.3, -0.25) is 9.78 Å². The van der Waals surface area contributed by atoms with Crippen LogP contribution >= 0.6 is 11.6 Å². The third-order valence-electron chi connectivity index (χ3n) is 3.82. The Hall–Kier alpha value is -1.20. The molecular weight excluding hydrogens is 266 g/mol. The van der Waals surface area contributed by atoms with E-state index in [-0.39, 0.29) is 23.2 Å². The maximum absolute atomic E-state index is 12.5. The number of ether oxygens (including phenoxy) is 1. The minimum Gasteiger partial charge on any atom is -0.374 e. The van der Waals surface area contributed by atoms with Crippen molar-refractivity contribution in [2.45, 2.75) is 37.8 Å². The number of morpholine rings is 1. The summed E-state index contributed by atoms with van der Waals surface area (Å²) in [6.07, 6.45) is 7.46. The van der Waals surface area contributed by atoms with Crippen LogP contribution in [0.1, 0.15) is 36.2 Å². The fourth-order valence-electron chi connectivity index (χ4n) is 2.94. The zero-order valence-corrected chi connectivity index (χ0v) is 11.3. The molecule has 3 rings (SSSR count). The number of carbonyl (C=O) groups is 1. The van der Waals surface area contributed by atoms with E-state index in [4.69, 9.17) is 16.3 Å². The topological polar surface area (TPSA) is 55.3 Å². The SMILES string of the molecule is O=C(c1cncc(Cl)n1)N1CCOC2CCCCC21. The maximum atomic E-state index is 12.5. The molecule has 1 aromatic rings. The Morgan fingerprint density at radius 2 is 2.21 bits per heavy atom. The average molecular weight is 282 g/mol. The monoisotopic (exact) mass is 281 g/mol. The van der Waals surface area contributed by atoms with Crippen LogP contribution in [0, 0.1) is 0 Å². The van der Waals surface area contributed by atoms with Crippen LogP contribution in [0.15, 0.2) is 12.4 Å². The van der Waals surface area contributed by atoms with E-state index in [0.29, 0.717) is 18.8 Å². The first-order valence-corrected chi connectivity index (χ1v) is 7.03. The van der Waals surface area contributed by atoms with Crippen LogP contribution in [0.2, 0.25) is 5.15 Å². The molecule has 0 N–H and O–H groups in total. The summed E-state index contributed by atoms with van der Waals surface area (Å²) >= 11 is 5.80. The molecule has 6 heteroatoms. The molecular formula is C13H16ClN3O2. The van der Waals surface area contributed by atoms with E-state index in [2.05, 4.69) is 9.97 Å². The fourth-order valence-corrected chi connectivity index (χ4v) is 3.09. The van der Waals surface area contributed by atoms with Crippen LogP contribution in [-0.4, -0.2) is 46.1 Å². The fraction of sp³-hybridized carbons (Fsp3) is 0.615. The van der Waals surface area contributed by atoms with E-state index >= 15 is 0 Å². The highest BCUT2D eigenvalue weighted by Crippen LogP contribution is 2.29. The van der Waals surface area contributed by atoms with Crippen molar-refractivity contribution in [3.8, 4) is 0 Å². The van der Waals surface area contributed by atoms with Gasteiger partial charge in [-0.25, -0.2) is 4.98 Å². The van der Waals surface area contributed by atoms with E-state index < -0.39 is 0 Å². The molecule has 0 bridgehead atoms. The molecule has 2 heterocycles. The lowest BCUT2D eigenvalue weighted by Gasteiger charge is -2.43. The smallest absolute Gasteiger partial charge is 0.274 e. The minimum atomic E-state index is -0.0878. The van der Waals surface area contributed by atoms with E-state index in [1.54, 1.807) is 0 Å². The summed E-state index contributed by atoms with van der Waals surface area (Å²) in [5.74, 6) is -0.0878. The lowest BCUT2D eigenvalue weighted by atomic mass is 9.90. The molecule has 2 fully saturated rings. The summed E-state index contributed by atoms with van der Waals surface area (Å²) in [5, 5.41) is 0.249. The maximum Gasteiger partial charge on any atom is 0.274 e. The van der Waals surface area contributed by atoms with Gasteiger partial charge in [0.2, 0.25) is 0 Å². The van der Waals surface area contributed by atoms with Gasteiger partial charge in [-0.1, -0.05) is 24.4 Å². The largest absolute Gasteiger partial charge is 0.374 e. The van der Waals surface area contributed by atoms with E-state index in [9.17, 15) is 4.79 Å². The molecule has 2 aliphatic rings. The van der Waals surface area contributed by atoms with Gasteiger partial charge in [-0.15, -0.1) is 0 Å². The summed E-state index contributed by atoms with van der Waals surface area (Å²) in [5.41, 5.74) is 0.318. The highest BCUT2D eigenvalue weighted by atomic mass is 35.5. The molecule has 102 valence electrons. The van der Waals surface area contributed by atoms with Crippen molar-refractivity contribution in [1.29, 1.82) is 0 Å². The first kappa shape index (κ1) is 12.8. The van der Waals surface area contributed by atoms with Gasteiger partial charge in [0, 0.05) is 6.54 Å². The van der Waals surface area contributed by atoms with Crippen LogP contribution in [0.5, 0.6) is 0 Å². The van der Waals surface area contributed by atoms with Crippen molar-refractivity contribution in [3.05, 3.63) is 23.2 Å². The van der Waals surface area contributed by atoms with E-state index in [1.807, 2.05) is 4.90 Å². The van der Waals surface area contributed by atoms with Crippen LogP contribution < -0.4 is 0 Å². The second kappa shape index (κ2) is 5.43. The van der Waals surface area contributed by atoms with Gasteiger partial charge >= 0.3 is 0 Å². The van der Waals surface area contributed by atoms with E-state index in [1.165, 1.54) is 18.8 Å². The van der Waals surface area contributed by atoms with Crippen LogP contribution in [0.3, 0.4) is 0 Å². The zero-order valence-electron chi connectivity index (χ0n) is 10.6. The molecule has 1 aromatic heterocycles. The summed E-state index contributed by atoms with van der Waals surface area (Å²) in [6.45, 7) is 1.22. The van der Waals surface area contributed by atoms with Gasteiger partial charge < -0.3 is 9.64 Å². The minimum absolute atomic E-state index is 0.0878. The first-order valence-electron chi connectivity index (χ1n) is 6.66. The van der Waals surface area contributed by atoms with E-state index in [0.717, 1.165) is 19.3 Å². The van der Waals surface area contributed by atoms with Gasteiger partial charge in [0.1, 0.15) is 10.8 Å². The van der Waals surface area contributed by atoms with Gasteiger partial charge in [0.15, 0.2) is 0 Å². The van der Waals surface area contributed by atoms with Crippen molar-refractivity contribution in [1.82, 2.24) is 14.9 Å². The Kier molecular flexibility index (Phi) is 3.66. The summed E-state index contributed by atoms with van der Waals surface area (Å²) in [7, 11) is 0. The van der Waals surface area contributed by atoms with Crippen molar-refractivity contribution in [2.24, 2.45) is 0 Å². The number of fused-ring (bicyclic) bond motifs is 1. The highest BCUT2D eigenvalue weighted by Gasteiger charge is 2.37. The molecule has 2 atom stereocenters. The average Bonchev–Trinajstić information content (AvgIpc) is 2.46. The first-order chi connectivity index (χ1) is 9.25. The number of carbonyl (C=O) groups excluding carboxylic acids is 1. The molecule has 5 nitrogen and oxygen atoms in total. The Balaban J connectivity index is 1.82. The summed E-state index contributed by atoms with van der Waals surface area (Å²) < 4.78 is 5.77. The Morgan fingerprint density at radius 1 is 1.37 bits per heavy atom. The number of rotatable bonds is 1. The Morgan fingerprint density at radius 3 is 3.05 bits per heavy atom. The molecule has 2 unspecified atom stereocenters. The predicted octanol–water partition coefficient (Wildman–Crippen LogP) is 1.91. The van der Waals surface area contributed by atoms with Gasteiger partial charge in [-0.05, 0) is 12.8 Å². The van der Waals surface area contributed by atoms with Crippen molar-refractivity contribution in [2.75, 3.05) is 13.2 Å². The van der Waals surface area contributed by atoms with Crippen molar-refractivity contribution in [3.63, 3.8) is 0 Å². The molecule has 1 saturated heterocycles. The third kappa shape index (κ3) is 2.58. The molecule has 1 saturated carbocycles. The molecule has 1 aliphatic heterocycles. The summed E-state index contributed by atoms with van der Waals surface area (Å²) in [4.78, 5) is 22.4. The highest BCUT2D eigenvalue weighted by molar-refractivity contribution is 6.29. The standard InChI is InChI=1S/C13H16ClN3O2/c14-12-8-15-7-9(16-12)13(18)17-5-6-19-11-4-2-1-3-10(11)17/h7-8,10-11H,1-6H2. The number of hydrogen-bond acceptors (Lipinski definition) is 4. The lowest BCUT2D eigenvalue weighted by Crippen LogP contribution is -2.55. The molecule has 1 aliphatic carbocycles. The zero-order chi connectivity index (χ0) is 13.2. The predicted molar refractivity (Wildman–Crippen MR) is 70.1 cm³/mol. The Bertz CT molecular complexity index is 481. The van der Waals surface area contributed by atoms with Crippen LogP contribution in [-0.2, 0) is 4.74 Å². The molecule has 0 aromatic carbocycles. The summed E-state index contributed by atoms with van der Waals surface area (Å²) in [6, 6.07) is 0.177. The van der Waals surface area contributed by atoms with Gasteiger partial charge in [0.25, 0.3) is 5.91 Å². The molecule has 0 radical (unpaired) electrons. The second-order valence-electron chi connectivity index (χ2n) is 4.99.